The van der Waals surface area contributed by atoms with E-state index in [0.29, 0.717) is 5.22 Å². The Hall–Kier alpha value is -1.85. The van der Waals surface area contributed by atoms with E-state index < -0.39 is 17.6 Å². The highest BCUT2D eigenvalue weighted by Crippen LogP contribution is 2.23. The number of carboxylic acid groups (broad SMARTS) is 1. The number of nitrogens with two attached hydrogens (primary N) is 1. The number of carboxylic acids is 1. The van der Waals surface area contributed by atoms with Gasteiger partial charge in [-0.2, -0.15) is 0 Å². The van der Waals surface area contributed by atoms with Gasteiger partial charge in [0.25, 0.3) is 0 Å². The van der Waals surface area contributed by atoms with Crippen LogP contribution in [0.15, 0.2) is 24.3 Å². The molecule has 0 saturated carbocycles. The van der Waals surface area contributed by atoms with Gasteiger partial charge in [0, 0.05) is 5.22 Å². The van der Waals surface area contributed by atoms with Crippen LogP contribution in [0.2, 0.25) is 0 Å². The van der Waals surface area contributed by atoms with Gasteiger partial charge in [-0.3, -0.25) is 0 Å². The second kappa shape index (κ2) is 4.44. The average Bonchev–Trinajstić information content (AvgIpc) is 2.34. The lowest BCUT2D eigenvalue weighted by atomic mass is 9.85. The smallest absolute Gasteiger partial charge is 0.334 e. The van der Waals surface area contributed by atoms with Crippen LogP contribution in [0, 0.1) is 0 Å². The maximum Gasteiger partial charge on any atom is 0.334 e. The van der Waals surface area contributed by atoms with Crippen LogP contribution >= 0.6 is 0 Å². The lowest BCUT2D eigenvalue weighted by Gasteiger charge is -2.32. The second-order valence-corrected chi connectivity index (χ2v) is 4.14. The molecule has 96 valence electrons. The fraction of sp³-hybridized carbons (Fsp3) is 0.308. The highest BCUT2D eigenvalue weighted by molar-refractivity contribution is 5.93. The number of carbonyl (C=O) groups is 1. The number of hydrogen-bond donors (Lipinski definition) is 3. The molecule has 1 aliphatic carbocycles. The molecule has 0 saturated heterocycles. The third kappa shape index (κ3) is 1.68. The van der Waals surface area contributed by atoms with Gasteiger partial charge in [0.05, 0.1) is 6.61 Å². The van der Waals surface area contributed by atoms with Gasteiger partial charge in [-0.1, -0.05) is 24.3 Å². The molecule has 0 heterocycles. The minimum absolute atomic E-state index is 0.100. The first-order valence-corrected chi connectivity index (χ1v) is 5.66. The zero-order valence-electron chi connectivity index (χ0n) is 9.96. The van der Waals surface area contributed by atoms with Crippen molar-refractivity contribution < 1.29 is 19.7 Å². The van der Waals surface area contributed by atoms with E-state index in [-0.39, 0.29) is 12.4 Å². The highest BCUT2D eigenvalue weighted by atomic mass is 16.5. The van der Waals surface area contributed by atoms with E-state index in [2.05, 4.69) is 0 Å². The van der Waals surface area contributed by atoms with Crippen LogP contribution in [0.1, 0.15) is 6.92 Å². The third-order valence-corrected chi connectivity index (χ3v) is 3.03. The van der Waals surface area contributed by atoms with Gasteiger partial charge in [-0.05, 0) is 18.2 Å². The fourth-order valence-corrected chi connectivity index (χ4v) is 2.07. The molecule has 5 nitrogen and oxygen atoms in total. The quantitative estimate of drug-likeness (QED) is 0.623. The molecule has 4 N–H and O–H groups in total. The van der Waals surface area contributed by atoms with Gasteiger partial charge in [0.15, 0.2) is 0 Å². The molecule has 1 aliphatic rings. The van der Waals surface area contributed by atoms with Crippen molar-refractivity contribution >= 4 is 17.8 Å². The largest absolute Gasteiger partial charge is 0.495 e. The molecule has 2 rings (SSSR count). The summed E-state index contributed by atoms with van der Waals surface area (Å²) in [4.78, 5) is 11.4. The summed E-state index contributed by atoms with van der Waals surface area (Å²) in [5, 5.41) is 20.6. The molecule has 0 aromatic heterocycles. The summed E-state index contributed by atoms with van der Waals surface area (Å²) in [6.45, 7) is 2.02. The Morgan fingerprint density at radius 1 is 1.50 bits per heavy atom. The summed E-state index contributed by atoms with van der Waals surface area (Å²) in [7, 11) is 0. The lowest BCUT2D eigenvalue weighted by Crippen LogP contribution is -2.63. The Morgan fingerprint density at radius 2 is 2.17 bits per heavy atom. The normalized spacial score (nSPS) is 26.2. The molecular weight excluding hydrogens is 234 g/mol. The van der Waals surface area contributed by atoms with E-state index in [1.54, 1.807) is 31.2 Å². The third-order valence-electron chi connectivity index (χ3n) is 3.03. The minimum atomic E-state index is -1.94. The Bertz CT molecular complexity index is 595. The second-order valence-electron chi connectivity index (χ2n) is 4.14. The molecule has 2 unspecified atom stereocenters. The van der Waals surface area contributed by atoms with Crippen LogP contribution in [-0.4, -0.2) is 34.4 Å². The molecule has 0 bridgehead atoms. The summed E-state index contributed by atoms with van der Waals surface area (Å²) in [6, 6.07) is 7.08. The topological polar surface area (TPSA) is 92.8 Å². The van der Waals surface area contributed by atoms with Crippen LogP contribution < -0.4 is 16.2 Å². The number of aliphatic hydroxyl groups is 1. The Morgan fingerprint density at radius 3 is 2.78 bits per heavy atom. The zero-order valence-corrected chi connectivity index (χ0v) is 9.96. The Balaban J connectivity index is 2.82. The van der Waals surface area contributed by atoms with Gasteiger partial charge in [0.2, 0.25) is 5.54 Å². The summed E-state index contributed by atoms with van der Waals surface area (Å²) < 4.78 is 5.39. The average molecular weight is 249 g/mol. The number of ether oxygens (including phenoxy) is 1. The molecule has 2 atom stereocenters. The number of fused-ring (bicyclic) bond motifs is 1. The first-order chi connectivity index (χ1) is 8.51. The minimum Gasteiger partial charge on any atom is -0.495 e. The molecule has 18 heavy (non-hydrogen) atoms. The zero-order chi connectivity index (χ0) is 13.3. The summed E-state index contributed by atoms with van der Waals surface area (Å²) in [5.41, 5.74) is 3.91. The molecule has 5 heteroatoms. The van der Waals surface area contributed by atoms with E-state index in [1.807, 2.05) is 0 Å². The maximum atomic E-state index is 11.4. The van der Waals surface area contributed by atoms with Gasteiger partial charge < -0.3 is 20.7 Å². The number of aliphatic carboxylic acids is 1. The Kier molecular flexibility index (Phi) is 3.11. The van der Waals surface area contributed by atoms with Crippen LogP contribution in [0.4, 0.5) is 0 Å². The molecule has 0 aliphatic heterocycles. The van der Waals surface area contributed by atoms with Gasteiger partial charge in [-0.15, -0.1) is 0 Å². The van der Waals surface area contributed by atoms with Crippen LogP contribution in [0.25, 0.3) is 11.8 Å². The number of benzene rings is 1. The van der Waals surface area contributed by atoms with E-state index in [4.69, 9.17) is 10.5 Å². The van der Waals surface area contributed by atoms with E-state index in [9.17, 15) is 15.0 Å². The first kappa shape index (κ1) is 12.6. The molecule has 0 spiro atoms. The van der Waals surface area contributed by atoms with Gasteiger partial charge in [0.1, 0.15) is 11.9 Å². The van der Waals surface area contributed by atoms with Crippen molar-refractivity contribution in [3.63, 3.8) is 0 Å². The van der Waals surface area contributed by atoms with E-state index in [1.165, 1.54) is 6.08 Å². The monoisotopic (exact) mass is 249 g/mol. The standard InChI is InChI=1S/C13H15NO4/c1-2-18-11-9-6-4-3-5-8(9)7-10(15)13(11,14)12(16)17/h3-7,10,15H,2,14H2,1H3,(H,16,17). The molecule has 0 amide bonds. The van der Waals surface area contributed by atoms with Crippen molar-refractivity contribution in [2.45, 2.75) is 18.6 Å². The van der Waals surface area contributed by atoms with Crippen molar-refractivity contribution in [2.75, 3.05) is 6.61 Å². The van der Waals surface area contributed by atoms with Crippen molar-refractivity contribution in [3.05, 3.63) is 34.7 Å². The number of rotatable bonds is 3. The predicted molar refractivity (Wildman–Crippen MR) is 65.8 cm³/mol. The summed E-state index contributed by atoms with van der Waals surface area (Å²) in [5.74, 6) is -1.22. The fourth-order valence-electron chi connectivity index (χ4n) is 2.07. The highest BCUT2D eigenvalue weighted by Gasteiger charge is 2.48. The summed E-state index contributed by atoms with van der Waals surface area (Å²) in [6.07, 6.45) is 0.109. The predicted octanol–water partition coefficient (Wildman–Crippen LogP) is -1.23. The van der Waals surface area contributed by atoms with Crippen LogP contribution in [0.5, 0.6) is 0 Å². The molecule has 0 fully saturated rings. The summed E-state index contributed by atoms with van der Waals surface area (Å²) >= 11 is 0. The molecule has 0 radical (unpaired) electrons. The van der Waals surface area contributed by atoms with Crippen LogP contribution in [0.3, 0.4) is 0 Å². The number of aliphatic hydroxyl groups excluding tert-OH is 1. The first-order valence-electron chi connectivity index (χ1n) is 5.66. The van der Waals surface area contributed by atoms with Crippen molar-refractivity contribution in [3.8, 4) is 0 Å². The van der Waals surface area contributed by atoms with E-state index in [0.717, 1.165) is 5.22 Å². The molecule has 1 aromatic carbocycles. The SMILES string of the molecule is CCOC1=c2ccccc2=CC(O)C1(N)C(=O)O. The van der Waals surface area contributed by atoms with Crippen molar-refractivity contribution in [1.29, 1.82) is 0 Å². The Labute approximate surface area is 104 Å². The molecular formula is C13H15NO4. The van der Waals surface area contributed by atoms with Crippen molar-refractivity contribution in [1.82, 2.24) is 0 Å². The van der Waals surface area contributed by atoms with Crippen molar-refractivity contribution in [2.24, 2.45) is 5.73 Å². The molecule has 1 aromatic rings. The van der Waals surface area contributed by atoms with Crippen LogP contribution in [-0.2, 0) is 9.53 Å². The lowest BCUT2D eigenvalue weighted by molar-refractivity contribution is -0.144. The van der Waals surface area contributed by atoms with Gasteiger partial charge in [-0.25, -0.2) is 4.79 Å². The van der Waals surface area contributed by atoms with Gasteiger partial charge >= 0.3 is 5.97 Å². The number of hydrogen-bond acceptors (Lipinski definition) is 4. The van der Waals surface area contributed by atoms with E-state index >= 15 is 0 Å². The maximum absolute atomic E-state index is 11.4.